The molecule has 2 atom stereocenters. The highest BCUT2D eigenvalue weighted by molar-refractivity contribution is 6.21. The van der Waals surface area contributed by atoms with Crippen molar-refractivity contribution in [2.24, 2.45) is 5.92 Å². The van der Waals surface area contributed by atoms with Gasteiger partial charge in [-0.1, -0.05) is 19.1 Å². The molecule has 2 aliphatic rings. The van der Waals surface area contributed by atoms with Gasteiger partial charge < -0.3 is 4.90 Å². The number of carbonyl (C=O) groups is 3. The molecule has 0 N–H and O–H groups in total. The number of benzene rings is 2. The highest BCUT2D eigenvalue weighted by Gasteiger charge is 2.41. The first-order valence-corrected chi connectivity index (χ1v) is 11.4. The Kier molecular flexibility index (Phi) is 5.84. The Morgan fingerprint density at radius 3 is 2.26 bits per heavy atom. The van der Waals surface area contributed by atoms with Crippen LogP contribution < -0.4 is 0 Å². The normalized spacial score (nSPS) is 19.7. The van der Waals surface area contributed by atoms with Crippen molar-refractivity contribution in [2.75, 3.05) is 13.1 Å². The summed E-state index contributed by atoms with van der Waals surface area (Å²) in [7, 11) is 0. The van der Waals surface area contributed by atoms with Gasteiger partial charge in [0.1, 0.15) is 0 Å². The topological polar surface area (TPSA) is 83.5 Å². The first-order chi connectivity index (χ1) is 16.9. The summed E-state index contributed by atoms with van der Waals surface area (Å²) in [6.45, 7) is 2.32. The summed E-state index contributed by atoms with van der Waals surface area (Å²) in [5.41, 5.74) is 0.676. The number of rotatable bonds is 4. The van der Waals surface area contributed by atoms with Crippen LogP contribution in [0.2, 0.25) is 0 Å². The lowest BCUT2D eigenvalue weighted by atomic mass is 9.89. The van der Waals surface area contributed by atoms with E-state index in [1.54, 1.807) is 35.2 Å². The zero-order valence-corrected chi connectivity index (χ0v) is 18.9. The fraction of sp³-hybridized carbons (Fsp3) is 0.269. The van der Waals surface area contributed by atoms with E-state index in [0.717, 1.165) is 18.6 Å². The minimum atomic E-state index is -1.16. The molecule has 3 amide bonds. The van der Waals surface area contributed by atoms with Crippen molar-refractivity contribution in [1.82, 2.24) is 19.8 Å². The molecule has 9 heteroatoms. The summed E-state index contributed by atoms with van der Waals surface area (Å²) >= 11 is 0. The third-order valence-corrected chi connectivity index (χ3v) is 6.72. The maximum atomic E-state index is 14.3. The minimum Gasteiger partial charge on any atom is -0.334 e. The van der Waals surface area contributed by atoms with E-state index in [0.29, 0.717) is 24.1 Å². The molecule has 1 fully saturated rings. The highest BCUT2D eigenvalue weighted by Crippen LogP contribution is 2.32. The second-order valence-corrected chi connectivity index (χ2v) is 8.84. The van der Waals surface area contributed by atoms with Crippen molar-refractivity contribution in [3.05, 3.63) is 83.2 Å². The summed E-state index contributed by atoms with van der Waals surface area (Å²) in [6.07, 6.45) is 4.40. The molecule has 2 aromatic carbocycles. The van der Waals surface area contributed by atoms with E-state index in [1.807, 2.05) is 6.92 Å². The molecule has 3 aromatic rings. The van der Waals surface area contributed by atoms with Gasteiger partial charge in [0.2, 0.25) is 0 Å². The van der Waals surface area contributed by atoms with Crippen LogP contribution in [0.5, 0.6) is 0 Å². The van der Waals surface area contributed by atoms with Crippen LogP contribution >= 0.6 is 0 Å². The van der Waals surface area contributed by atoms with Crippen LogP contribution in [-0.2, 0) is 0 Å². The molecule has 1 saturated heterocycles. The van der Waals surface area contributed by atoms with Crippen LogP contribution in [0.15, 0.2) is 54.9 Å². The smallest absolute Gasteiger partial charge is 0.261 e. The number of carbonyl (C=O) groups excluding carboxylic acids is 3. The molecule has 3 heterocycles. The number of nitrogens with zero attached hydrogens (tertiary/aromatic N) is 4. The van der Waals surface area contributed by atoms with E-state index in [9.17, 15) is 23.2 Å². The number of likely N-dealkylation sites (tertiary alicyclic amines) is 1. The van der Waals surface area contributed by atoms with Gasteiger partial charge in [-0.05, 0) is 49.1 Å². The lowest BCUT2D eigenvalue weighted by Gasteiger charge is -2.41. The van der Waals surface area contributed by atoms with E-state index < -0.39 is 35.4 Å². The number of hydrogen-bond donors (Lipinski definition) is 0. The van der Waals surface area contributed by atoms with Gasteiger partial charge in [-0.25, -0.2) is 18.7 Å². The van der Waals surface area contributed by atoms with Crippen molar-refractivity contribution in [1.29, 1.82) is 0 Å². The van der Waals surface area contributed by atoms with Gasteiger partial charge in [-0.15, -0.1) is 0 Å². The van der Waals surface area contributed by atoms with Gasteiger partial charge in [-0.3, -0.25) is 19.3 Å². The van der Waals surface area contributed by atoms with Crippen molar-refractivity contribution in [3.63, 3.8) is 0 Å². The van der Waals surface area contributed by atoms with Crippen LogP contribution in [0.25, 0.3) is 11.4 Å². The van der Waals surface area contributed by atoms with Crippen LogP contribution in [-0.4, -0.2) is 56.6 Å². The number of piperidine rings is 1. The first-order valence-electron chi connectivity index (χ1n) is 11.4. The Bertz CT molecular complexity index is 1300. The van der Waals surface area contributed by atoms with Gasteiger partial charge in [0.05, 0.1) is 29.3 Å². The van der Waals surface area contributed by atoms with Crippen molar-refractivity contribution >= 4 is 17.7 Å². The summed E-state index contributed by atoms with van der Waals surface area (Å²) in [6, 6.07) is 9.48. The van der Waals surface area contributed by atoms with Crippen molar-refractivity contribution < 1.29 is 23.2 Å². The molecule has 35 heavy (non-hydrogen) atoms. The number of hydrogen-bond acceptors (Lipinski definition) is 5. The Morgan fingerprint density at radius 2 is 1.60 bits per heavy atom. The lowest BCUT2D eigenvalue weighted by molar-refractivity contribution is 0.0369. The van der Waals surface area contributed by atoms with Crippen LogP contribution in [0.4, 0.5) is 8.78 Å². The second kappa shape index (κ2) is 8.98. The molecule has 0 saturated carbocycles. The maximum absolute atomic E-state index is 14.3. The average molecular weight is 476 g/mol. The summed E-state index contributed by atoms with van der Waals surface area (Å²) < 4.78 is 28.4. The minimum absolute atomic E-state index is 0.0140. The summed E-state index contributed by atoms with van der Waals surface area (Å²) in [5.74, 6) is -3.53. The van der Waals surface area contributed by atoms with Crippen LogP contribution in [0.3, 0.4) is 0 Å². The third-order valence-electron chi connectivity index (χ3n) is 6.72. The monoisotopic (exact) mass is 476 g/mol. The molecular formula is C26H22F2N4O3. The van der Waals surface area contributed by atoms with Gasteiger partial charge in [-0.2, -0.15) is 0 Å². The molecule has 0 bridgehead atoms. The number of imide groups is 1. The van der Waals surface area contributed by atoms with Gasteiger partial charge in [0.25, 0.3) is 17.7 Å². The maximum Gasteiger partial charge on any atom is 0.261 e. The van der Waals surface area contributed by atoms with Gasteiger partial charge in [0, 0.05) is 24.5 Å². The Labute approximate surface area is 200 Å². The predicted molar refractivity (Wildman–Crippen MR) is 122 cm³/mol. The molecule has 0 spiro atoms. The lowest BCUT2D eigenvalue weighted by Crippen LogP contribution is -2.54. The Morgan fingerprint density at radius 1 is 0.971 bits per heavy atom. The van der Waals surface area contributed by atoms with Crippen LogP contribution in [0.1, 0.15) is 50.8 Å². The predicted octanol–water partition coefficient (Wildman–Crippen LogP) is 3.96. The second-order valence-electron chi connectivity index (χ2n) is 8.84. The van der Waals surface area contributed by atoms with Gasteiger partial charge in [0.15, 0.2) is 17.5 Å². The molecule has 0 aliphatic carbocycles. The molecule has 178 valence electrons. The molecule has 1 aromatic heterocycles. The molecule has 7 nitrogen and oxygen atoms in total. The fourth-order valence-electron chi connectivity index (χ4n) is 4.87. The Balaban J connectivity index is 1.50. The highest BCUT2D eigenvalue weighted by atomic mass is 19.2. The standard InChI is InChI=1S/C26H22F2N4O3/c1-15-6-4-11-31(22(15)14-32-24(33)16-7-2-3-8-17(16)25(32)34)26(35)19-13-21(28)20(27)12-18(19)23-29-9-5-10-30-23/h2-3,5,7-10,12-13,15,22H,4,6,11,14H2,1H3/t15-,22-/m1/s1. The molecule has 2 aliphatic heterocycles. The molecule has 5 rings (SSSR count). The number of halogens is 2. The molecular weight excluding hydrogens is 454 g/mol. The SMILES string of the molecule is C[C@@H]1CCCN(C(=O)c2cc(F)c(F)cc2-c2ncccn2)[C@@H]1CN1C(=O)c2ccccc2C1=O. The number of amides is 3. The quantitative estimate of drug-likeness (QED) is 0.533. The Hall–Kier alpha value is -4.01. The third kappa shape index (κ3) is 3.96. The zero-order chi connectivity index (χ0) is 24.7. The number of fused-ring (bicyclic) bond motifs is 1. The molecule has 0 unspecified atom stereocenters. The van der Waals surface area contributed by atoms with Crippen molar-refractivity contribution in [3.8, 4) is 11.4 Å². The largest absolute Gasteiger partial charge is 0.334 e. The van der Waals surface area contributed by atoms with E-state index in [4.69, 9.17) is 0 Å². The fourth-order valence-corrected chi connectivity index (χ4v) is 4.87. The average Bonchev–Trinajstić information content (AvgIpc) is 3.11. The van der Waals surface area contributed by atoms with E-state index in [-0.39, 0.29) is 29.4 Å². The molecule has 0 radical (unpaired) electrons. The van der Waals surface area contributed by atoms with E-state index in [2.05, 4.69) is 9.97 Å². The number of aromatic nitrogens is 2. The summed E-state index contributed by atoms with van der Waals surface area (Å²) in [5, 5.41) is 0. The summed E-state index contributed by atoms with van der Waals surface area (Å²) in [4.78, 5) is 50.6. The van der Waals surface area contributed by atoms with E-state index >= 15 is 0 Å². The van der Waals surface area contributed by atoms with E-state index in [1.165, 1.54) is 17.3 Å². The van der Waals surface area contributed by atoms with Gasteiger partial charge >= 0.3 is 0 Å². The zero-order valence-electron chi connectivity index (χ0n) is 18.9. The van der Waals surface area contributed by atoms with Crippen LogP contribution in [0, 0.1) is 17.6 Å². The van der Waals surface area contributed by atoms with Crippen molar-refractivity contribution in [2.45, 2.75) is 25.8 Å². The first kappa shape index (κ1) is 22.8.